The van der Waals surface area contributed by atoms with Gasteiger partial charge >= 0.3 is 0 Å². The largest absolute Gasteiger partial charge is 0.322 e. The summed E-state index contributed by atoms with van der Waals surface area (Å²) in [5, 5.41) is 3.14. The van der Waals surface area contributed by atoms with E-state index in [0.29, 0.717) is 0 Å². The summed E-state index contributed by atoms with van der Waals surface area (Å²) in [6.07, 6.45) is 1.98. The van der Waals surface area contributed by atoms with Crippen LogP contribution in [0.5, 0.6) is 0 Å². The first-order chi connectivity index (χ1) is 19.9. The number of para-hydroxylation sites is 3. The van der Waals surface area contributed by atoms with Crippen molar-refractivity contribution in [3.63, 3.8) is 0 Å². The maximum atomic E-state index is 11.4. The summed E-state index contributed by atoms with van der Waals surface area (Å²) in [6.45, 7) is 7.06. The summed E-state index contributed by atoms with van der Waals surface area (Å²) in [5.41, 5.74) is 2.57. The number of carbonyl (C=O) groups excluding carboxylic acids is 1. The Balaban J connectivity index is 0.000000162. The lowest BCUT2D eigenvalue weighted by atomic mass is 10.2. The summed E-state index contributed by atoms with van der Waals surface area (Å²) < 4.78 is 3.23. The van der Waals surface area contributed by atoms with Crippen LogP contribution in [0.15, 0.2) is 124 Å². The van der Waals surface area contributed by atoms with Gasteiger partial charge in [0.05, 0.1) is 17.6 Å². The molecule has 3 aromatic carbocycles. The van der Waals surface area contributed by atoms with Crippen molar-refractivity contribution in [1.29, 1.82) is 0 Å². The van der Waals surface area contributed by atoms with E-state index >= 15 is 0 Å². The lowest BCUT2D eigenvalue weighted by Crippen LogP contribution is -2.19. The number of fused-ring (bicyclic) bond motifs is 3. The van der Waals surface area contributed by atoms with Gasteiger partial charge in [0.15, 0.2) is 0 Å². The van der Waals surface area contributed by atoms with Gasteiger partial charge in [-0.2, -0.15) is 0 Å². The number of aromatic nitrogens is 3. The quantitative estimate of drug-likeness (QED) is 0.267. The standard InChI is InChI=1S/C11H9NO2.C11H11NO.C9H7NO.C3H8/c13-8-7-12-10-4-2-1-3-9(10)5-6-11(12)14;1-2-12-10-6-4-3-5-9(10)7-8-11(12)13;11-9-6-5-7-3-1-2-4-8(7)10-9;1-3-2/h1-6,8H,7H2;3-8H,2H2,1H3;1-6H,(H,10,11);3H2,1-2H3. The van der Waals surface area contributed by atoms with Gasteiger partial charge in [-0.1, -0.05) is 74.9 Å². The zero-order chi connectivity index (χ0) is 29.6. The number of aromatic amines is 1. The smallest absolute Gasteiger partial charge is 0.251 e. The Kier molecular flexibility index (Phi) is 11.5. The second kappa shape index (κ2) is 15.5. The lowest BCUT2D eigenvalue weighted by molar-refractivity contribution is -0.108. The molecule has 0 aliphatic heterocycles. The highest BCUT2D eigenvalue weighted by atomic mass is 16.1. The molecule has 3 aromatic heterocycles. The van der Waals surface area contributed by atoms with Gasteiger partial charge in [0.2, 0.25) is 5.56 Å². The number of hydrogen-bond acceptors (Lipinski definition) is 4. The molecule has 6 aromatic rings. The van der Waals surface area contributed by atoms with Gasteiger partial charge in [0.25, 0.3) is 11.1 Å². The van der Waals surface area contributed by atoms with Crippen molar-refractivity contribution in [2.24, 2.45) is 0 Å². The van der Waals surface area contributed by atoms with Gasteiger partial charge in [0.1, 0.15) is 6.29 Å². The number of pyridine rings is 3. The van der Waals surface area contributed by atoms with Crippen molar-refractivity contribution in [2.75, 3.05) is 0 Å². The third-order valence-corrected chi connectivity index (χ3v) is 6.00. The maximum Gasteiger partial charge on any atom is 0.251 e. The highest BCUT2D eigenvalue weighted by Gasteiger charge is 2.00. The predicted octanol–water partition coefficient (Wildman–Crippen LogP) is 6.17. The Hall–Kier alpha value is -5.04. The van der Waals surface area contributed by atoms with Gasteiger partial charge in [-0.15, -0.1) is 0 Å². The number of benzene rings is 3. The van der Waals surface area contributed by atoms with Gasteiger partial charge in [-0.05, 0) is 59.5 Å². The van der Waals surface area contributed by atoms with E-state index in [0.717, 1.165) is 45.5 Å². The van der Waals surface area contributed by atoms with Gasteiger partial charge in [0, 0.05) is 30.3 Å². The number of carbonyl (C=O) groups is 1. The SMILES string of the molecule is CCC.CCn1c(=O)ccc2ccccc21.O=CCn1c(=O)ccc2ccccc21.O=c1ccc2ccccc2[nH]1. The molecule has 0 aliphatic carbocycles. The van der Waals surface area contributed by atoms with Crippen molar-refractivity contribution in [2.45, 2.75) is 40.3 Å². The minimum absolute atomic E-state index is 0.0521. The molecule has 0 atom stereocenters. The van der Waals surface area contributed by atoms with E-state index < -0.39 is 0 Å². The second-order valence-corrected chi connectivity index (χ2v) is 9.10. The number of rotatable bonds is 3. The number of H-pyrrole nitrogens is 1. The van der Waals surface area contributed by atoms with E-state index in [1.54, 1.807) is 16.7 Å². The minimum atomic E-state index is -0.143. The Morgan fingerprint density at radius 3 is 1.61 bits per heavy atom. The van der Waals surface area contributed by atoms with Crippen molar-refractivity contribution in [1.82, 2.24) is 14.1 Å². The Labute approximate surface area is 238 Å². The van der Waals surface area contributed by atoms with Crippen LogP contribution in [0.3, 0.4) is 0 Å². The molecule has 0 spiro atoms. The van der Waals surface area contributed by atoms with E-state index in [1.165, 1.54) is 23.1 Å². The average Bonchev–Trinajstić information content (AvgIpc) is 3.00. The van der Waals surface area contributed by atoms with Crippen LogP contribution in [-0.4, -0.2) is 20.4 Å². The van der Waals surface area contributed by atoms with Crippen molar-refractivity contribution < 1.29 is 4.79 Å². The van der Waals surface area contributed by atoms with Crippen molar-refractivity contribution in [3.05, 3.63) is 140 Å². The molecule has 7 heteroatoms. The molecule has 0 unspecified atom stereocenters. The average molecular weight is 550 g/mol. The summed E-state index contributed by atoms with van der Waals surface area (Å²) in [7, 11) is 0. The molecule has 41 heavy (non-hydrogen) atoms. The van der Waals surface area contributed by atoms with Crippen molar-refractivity contribution in [3.8, 4) is 0 Å². The fraction of sp³-hybridized carbons (Fsp3) is 0.176. The predicted molar refractivity (Wildman–Crippen MR) is 169 cm³/mol. The first-order valence-corrected chi connectivity index (χ1v) is 13.6. The van der Waals surface area contributed by atoms with E-state index in [1.807, 2.05) is 91.9 Å². The molecule has 6 rings (SSSR count). The van der Waals surface area contributed by atoms with Crippen LogP contribution in [-0.2, 0) is 17.9 Å². The monoisotopic (exact) mass is 549 g/mol. The highest BCUT2D eigenvalue weighted by Crippen LogP contribution is 2.11. The number of aldehydes is 1. The van der Waals surface area contributed by atoms with Crippen LogP contribution in [0, 0.1) is 0 Å². The zero-order valence-corrected chi connectivity index (χ0v) is 23.6. The lowest BCUT2D eigenvalue weighted by Gasteiger charge is -2.05. The van der Waals surface area contributed by atoms with E-state index in [9.17, 15) is 19.2 Å². The Morgan fingerprint density at radius 1 is 0.585 bits per heavy atom. The molecule has 3 heterocycles. The van der Waals surface area contributed by atoms with E-state index in [4.69, 9.17) is 0 Å². The van der Waals surface area contributed by atoms with Gasteiger partial charge in [-0.25, -0.2) is 0 Å². The van der Waals surface area contributed by atoms with Crippen LogP contribution in [0.2, 0.25) is 0 Å². The first-order valence-electron chi connectivity index (χ1n) is 13.6. The third kappa shape index (κ3) is 8.22. The molecular weight excluding hydrogens is 514 g/mol. The number of nitrogens with one attached hydrogen (secondary N) is 1. The molecular formula is C34H35N3O4. The summed E-state index contributed by atoms with van der Waals surface area (Å²) in [6, 6.07) is 33.2. The van der Waals surface area contributed by atoms with Crippen LogP contribution in [0.1, 0.15) is 27.2 Å². The van der Waals surface area contributed by atoms with E-state index in [-0.39, 0.29) is 23.2 Å². The van der Waals surface area contributed by atoms with E-state index in [2.05, 4.69) is 18.8 Å². The first kappa shape index (κ1) is 30.5. The Morgan fingerprint density at radius 2 is 1.05 bits per heavy atom. The van der Waals surface area contributed by atoms with Crippen LogP contribution in [0.25, 0.3) is 32.7 Å². The number of nitrogens with zero attached hydrogens (tertiary/aromatic N) is 2. The van der Waals surface area contributed by atoms with Crippen molar-refractivity contribution >= 4 is 39.0 Å². The summed E-state index contributed by atoms with van der Waals surface area (Å²) in [4.78, 5) is 46.8. The van der Waals surface area contributed by atoms with Crippen LogP contribution >= 0.6 is 0 Å². The van der Waals surface area contributed by atoms with Crippen LogP contribution in [0.4, 0.5) is 0 Å². The number of hydrogen-bond donors (Lipinski definition) is 1. The molecule has 0 aliphatic rings. The molecule has 0 saturated carbocycles. The fourth-order valence-electron chi connectivity index (χ4n) is 4.17. The molecule has 0 saturated heterocycles. The summed E-state index contributed by atoms with van der Waals surface area (Å²) >= 11 is 0. The molecule has 0 amide bonds. The van der Waals surface area contributed by atoms with Gasteiger partial charge in [-0.3, -0.25) is 14.4 Å². The summed E-state index contributed by atoms with van der Waals surface area (Å²) in [5.74, 6) is 0. The normalized spacial score (nSPS) is 10.0. The van der Waals surface area contributed by atoms with Crippen LogP contribution < -0.4 is 16.7 Å². The molecule has 0 fully saturated rings. The second-order valence-electron chi connectivity index (χ2n) is 9.10. The molecule has 7 nitrogen and oxygen atoms in total. The Bertz CT molecular complexity index is 1900. The molecule has 210 valence electrons. The highest BCUT2D eigenvalue weighted by molar-refractivity contribution is 5.80. The molecule has 0 radical (unpaired) electrons. The zero-order valence-electron chi connectivity index (χ0n) is 23.6. The topological polar surface area (TPSA) is 93.9 Å². The molecule has 1 N–H and O–H groups in total. The van der Waals surface area contributed by atoms with Gasteiger partial charge < -0.3 is 18.9 Å². The molecule has 0 bridgehead atoms. The maximum absolute atomic E-state index is 11.4. The minimum Gasteiger partial charge on any atom is -0.322 e. The fourth-order valence-corrected chi connectivity index (χ4v) is 4.17. The third-order valence-electron chi connectivity index (χ3n) is 6.00. The number of aryl methyl sites for hydroxylation is 1.